The first-order chi connectivity index (χ1) is 7.99. The zero-order valence-corrected chi connectivity index (χ0v) is 10.8. The van der Waals surface area contributed by atoms with Crippen molar-refractivity contribution in [3.05, 3.63) is 24.0 Å². The molecule has 0 atom stereocenters. The Bertz CT molecular complexity index is 359. The van der Waals surface area contributed by atoms with Crippen LogP contribution < -0.4 is 5.73 Å². The number of rotatable bonds is 5. The highest BCUT2D eigenvalue weighted by molar-refractivity contribution is 5.78. The van der Waals surface area contributed by atoms with Crippen molar-refractivity contribution in [3.8, 4) is 0 Å². The summed E-state index contributed by atoms with van der Waals surface area (Å²) in [4.78, 5) is 17.7. The highest BCUT2D eigenvalue weighted by Gasteiger charge is 2.10. The van der Waals surface area contributed by atoms with Crippen LogP contribution in [0.15, 0.2) is 18.3 Å². The quantitative estimate of drug-likeness (QED) is 0.845. The molecule has 0 aromatic carbocycles. The van der Waals surface area contributed by atoms with Gasteiger partial charge in [-0.1, -0.05) is 13.8 Å². The maximum Gasteiger partial charge on any atom is 0.228 e. The molecule has 17 heavy (non-hydrogen) atoms. The molecule has 0 radical (unpaired) electrons. The van der Waals surface area contributed by atoms with Gasteiger partial charge in [0.2, 0.25) is 5.91 Å². The number of likely N-dealkylation sites (N-methyl/N-ethyl adjacent to an activating group) is 1. The number of aromatic nitrogens is 1. The molecule has 0 spiro atoms. The molecule has 0 unspecified atom stereocenters. The molecule has 1 aromatic heterocycles. The summed E-state index contributed by atoms with van der Waals surface area (Å²) in [6.45, 7) is 5.10. The molecule has 94 valence electrons. The monoisotopic (exact) mass is 235 g/mol. The zero-order valence-electron chi connectivity index (χ0n) is 10.8. The number of amides is 1. The predicted molar refractivity (Wildman–Crippen MR) is 69.4 cm³/mol. The van der Waals surface area contributed by atoms with E-state index in [1.807, 2.05) is 7.05 Å². The summed E-state index contributed by atoms with van der Waals surface area (Å²) in [6, 6.07) is 3.56. The fraction of sp³-hybridized carbons (Fsp3) is 0.538. The molecular formula is C13H21N3O. The van der Waals surface area contributed by atoms with Gasteiger partial charge in [0.05, 0.1) is 18.3 Å². The van der Waals surface area contributed by atoms with Crippen molar-refractivity contribution < 1.29 is 4.79 Å². The van der Waals surface area contributed by atoms with Gasteiger partial charge in [-0.15, -0.1) is 0 Å². The van der Waals surface area contributed by atoms with E-state index in [-0.39, 0.29) is 5.91 Å². The minimum Gasteiger partial charge on any atom is -0.397 e. The third-order valence-corrected chi connectivity index (χ3v) is 2.65. The lowest BCUT2D eigenvalue weighted by molar-refractivity contribution is -0.129. The molecule has 0 fully saturated rings. The van der Waals surface area contributed by atoms with Crippen molar-refractivity contribution in [2.75, 3.05) is 19.3 Å². The number of carbonyl (C=O) groups excluding carboxylic acids is 1. The normalized spacial score (nSPS) is 10.6. The lowest BCUT2D eigenvalue weighted by atomic mass is 10.1. The first-order valence-electron chi connectivity index (χ1n) is 5.93. The largest absolute Gasteiger partial charge is 0.397 e. The molecule has 1 aromatic rings. The van der Waals surface area contributed by atoms with E-state index in [0.717, 1.165) is 18.7 Å². The Hall–Kier alpha value is -1.58. The van der Waals surface area contributed by atoms with Gasteiger partial charge in [-0.3, -0.25) is 9.78 Å². The third-order valence-electron chi connectivity index (χ3n) is 2.65. The van der Waals surface area contributed by atoms with Crippen molar-refractivity contribution >= 4 is 11.6 Å². The fourth-order valence-corrected chi connectivity index (χ4v) is 1.41. The molecule has 4 nitrogen and oxygen atoms in total. The highest BCUT2D eigenvalue weighted by Crippen LogP contribution is 2.05. The summed E-state index contributed by atoms with van der Waals surface area (Å²) in [7, 11) is 1.84. The molecule has 0 bridgehead atoms. The summed E-state index contributed by atoms with van der Waals surface area (Å²) in [5.74, 6) is 0.711. The Labute approximate surface area is 103 Å². The van der Waals surface area contributed by atoms with Gasteiger partial charge in [-0.05, 0) is 24.5 Å². The van der Waals surface area contributed by atoms with Gasteiger partial charge in [0.25, 0.3) is 0 Å². The van der Waals surface area contributed by atoms with Gasteiger partial charge < -0.3 is 10.6 Å². The average Bonchev–Trinajstić information content (AvgIpc) is 2.28. The van der Waals surface area contributed by atoms with Crippen molar-refractivity contribution in [1.29, 1.82) is 0 Å². The Morgan fingerprint density at radius 2 is 2.18 bits per heavy atom. The van der Waals surface area contributed by atoms with Crippen molar-refractivity contribution in [2.45, 2.75) is 26.7 Å². The van der Waals surface area contributed by atoms with Gasteiger partial charge >= 0.3 is 0 Å². The Kier molecular flexibility index (Phi) is 4.94. The molecule has 1 heterocycles. The van der Waals surface area contributed by atoms with Crippen LogP contribution in [0.4, 0.5) is 5.69 Å². The van der Waals surface area contributed by atoms with Gasteiger partial charge in [-0.2, -0.15) is 0 Å². The summed E-state index contributed by atoms with van der Waals surface area (Å²) in [5, 5.41) is 0. The second-order valence-electron chi connectivity index (χ2n) is 4.76. The van der Waals surface area contributed by atoms with Gasteiger partial charge in [-0.25, -0.2) is 0 Å². The Morgan fingerprint density at radius 1 is 1.47 bits per heavy atom. The van der Waals surface area contributed by atoms with Crippen molar-refractivity contribution in [3.63, 3.8) is 0 Å². The molecule has 1 rings (SSSR count). The molecule has 1 amide bonds. The number of nitrogens with zero attached hydrogens (tertiary/aromatic N) is 2. The maximum absolute atomic E-state index is 11.9. The lowest BCUT2D eigenvalue weighted by Gasteiger charge is -2.18. The van der Waals surface area contributed by atoms with Gasteiger partial charge in [0.15, 0.2) is 0 Å². The van der Waals surface area contributed by atoms with E-state index in [4.69, 9.17) is 5.73 Å². The SMILES string of the molecule is CC(C)CCN(C)C(=O)Cc1ccc(N)cn1. The van der Waals surface area contributed by atoms with E-state index in [0.29, 0.717) is 18.0 Å². The number of hydrogen-bond acceptors (Lipinski definition) is 3. The van der Waals surface area contributed by atoms with Gasteiger partial charge in [0, 0.05) is 19.3 Å². The lowest BCUT2D eigenvalue weighted by Crippen LogP contribution is -2.30. The smallest absolute Gasteiger partial charge is 0.228 e. The molecule has 0 aliphatic heterocycles. The molecule has 0 aliphatic rings. The summed E-state index contributed by atoms with van der Waals surface area (Å²) in [6.07, 6.45) is 2.95. The number of anilines is 1. The van der Waals surface area contributed by atoms with E-state index in [9.17, 15) is 4.79 Å². The Morgan fingerprint density at radius 3 is 2.71 bits per heavy atom. The predicted octanol–water partition coefficient (Wildman–Crippen LogP) is 1.71. The average molecular weight is 235 g/mol. The van der Waals surface area contributed by atoms with Crippen LogP contribution in [-0.2, 0) is 11.2 Å². The van der Waals surface area contributed by atoms with Crippen LogP contribution in [-0.4, -0.2) is 29.4 Å². The molecule has 0 saturated carbocycles. The van der Waals surface area contributed by atoms with Crippen molar-refractivity contribution in [2.24, 2.45) is 5.92 Å². The van der Waals surface area contributed by atoms with Crippen LogP contribution in [0.5, 0.6) is 0 Å². The highest BCUT2D eigenvalue weighted by atomic mass is 16.2. The van der Waals surface area contributed by atoms with Crippen LogP contribution in [0.25, 0.3) is 0 Å². The van der Waals surface area contributed by atoms with Crippen LogP contribution >= 0.6 is 0 Å². The molecule has 0 saturated heterocycles. The second-order valence-corrected chi connectivity index (χ2v) is 4.76. The molecule has 0 aliphatic carbocycles. The molecule has 4 heteroatoms. The topological polar surface area (TPSA) is 59.2 Å². The number of nitrogen functional groups attached to an aromatic ring is 1. The number of hydrogen-bond donors (Lipinski definition) is 1. The number of nitrogens with two attached hydrogens (primary N) is 1. The third kappa shape index (κ3) is 4.85. The first-order valence-corrected chi connectivity index (χ1v) is 5.93. The minimum absolute atomic E-state index is 0.0999. The van der Waals surface area contributed by atoms with Crippen LogP contribution in [0.3, 0.4) is 0 Å². The summed E-state index contributed by atoms with van der Waals surface area (Å²) in [5.41, 5.74) is 6.92. The zero-order chi connectivity index (χ0) is 12.8. The molecular weight excluding hydrogens is 214 g/mol. The standard InChI is InChI=1S/C13H21N3O/c1-10(2)6-7-16(3)13(17)8-12-5-4-11(14)9-15-12/h4-5,9-10H,6-8,14H2,1-3H3. The van der Waals surface area contributed by atoms with Gasteiger partial charge in [0.1, 0.15) is 0 Å². The summed E-state index contributed by atoms with van der Waals surface area (Å²) < 4.78 is 0. The number of pyridine rings is 1. The van der Waals surface area contributed by atoms with E-state index in [2.05, 4.69) is 18.8 Å². The van der Waals surface area contributed by atoms with E-state index < -0.39 is 0 Å². The Balaban J connectivity index is 2.45. The van der Waals surface area contributed by atoms with E-state index in [1.54, 1.807) is 23.2 Å². The van der Waals surface area contributed by atoms with Crippen molar-refractivity contribution in [1.82, 2.24) is 9.88 Å². The summed E-state index contributed by atoms with van der Waals surface area (Å²) >= 11 is 0. The minimum atomic E-state index is 0.0999. The van der Waals surface area contributed by atoms with E-state index >= 15 is 0 Å². The van der Waals surface area contributed by atoms with Crippen LogP contribution in [0, 0.1) is 5.92 Å². The number of carbonyl (C=O) groups is 1. The fourth-order valence-electron chi connectivity index (χ4n) is 1.41. The maximum atomic E-state index is 11.9. The van der Waals surface area contributed by atoms with Crippen LogP contribution in [0.1, 0.15) is 26.0 Å². The molecule has 2 N–H and O–H groups in total. The second kappa shape index (κ2) is 6.23. The van der Waals surface area contributed by atoms with E-state index in [1.165, 1.54) is 0 Å². The van der Waals surface area contributed by atoms with Crippen LogP contribution in [0.2, 0.25) is 0 Å². The first kappa shape index (κ1) is 13.5.